The van der Waals surface area contributed by atoms with Crippen molar-refractivity contribution < 1.29 is 5.11 Å². The van der Waals surface area contributed by atoms with Gasteiger partial charge in [0.25, 0.3) is 0 Å². The lowest BCUT2D eigenvalue weighted by atomic mass is 9.88. The summed E-state index contributed by atoms with van der Waals surface area (Å²) in [5.74, 6) is 0.637. The normalized spacial score (nSPS) is 30.8. The van der Waals surface area contributed by atoms with Crippen molar-refractivity contribution in [3.8, 4) is 0 Å². The van der Waals surface area contributed by atoms with Gasteiger partial charge in [-0.05, 0) is 55.4 Å². The molecule has 2 rings (SSSR count). The molecule has 0 amide bonds. The van der Waals surface area contributed by atoms with Crippen molar-refractivity contribution >= 4 is 15.9 Å². The van der Waals surface area contributed by atoms with Crippen molar-refractivity contribution in [1.29, 1.82) is 0 Å². The number of rotatable bonds is 1. The molecule has 1 N–H and O–H groups in total. The summed E-state index contributed by atoms with van der Waals surface area (Å²) in [6.07, 6.45) is 2.93. The molecule has 0 aromatic heterocycles. The van der Waals surface area contributed by atoms with Gasteiger partial charge in [0.2, 0.25) is 0 Å². The van der Waals surface area contributed by atoms with Gasteiger partial charge in [-0.3, -0.25) is 0 Å². The van der Waals surface area contributed by atoms with Gasteiger partial charge in [0.1, 0.15) is 0 Å². The van der Waals surface area contributed by atoms with Crippen LogP contribution in [-0.4, -0.2) is 5.11 Å². The van der Waals surface area contributed by atoms with E-state index in [2.05, 4.69) is 41.9 Å². The first kappa shape index (κ1) is 11.2. The molecule has 1 saturated carbocycles. The average molecular weight is 269 g/mol. The number of aliphatic hydroxyl groups is 1. The number of benzene rings is 1. The highest BCUT2D eigenvalue weighted by atomic mass is 79.9. The SMILES string of the molecule is Cc1cc(Br)ccc1[C@@]1(O)CC[C@H](C)C1. The molecular formula is C13H17BrO. The Labute approximate surface area is 99.6 Å². The molecule has 0 heterocycles. The van der Waals surface area contributed by atoms with Gasteiger partial charge in [0.05, 0.1) is 5.60 Å². The molecule has 1 nitrogen and oxygen atoms in total. The molecule has 0 radical (unpaired) electrons. The number of hydrogen-bond donors (Lipinski definition) is 1. The van der Waals surface area contributed by atoms with Crippen LogP contribution in [0.1, 0.15) is 37.3 Å². The fourth-order valence-corrected chi connectivity index (χ4v) is 3.14. The van der Waals surface area contributed by atoms with Gasteiger partial charge in [-0.1, -0.05) is 28.9 Å². The summed E-state index contributed by atoms with van der Waals surface area (Å²) in [5, 5.41) is 10.6. The summed E-state index contributed by atoms with van der Waals surface area (Å²) in [7, 11) is 0. The van der Waals surface area contributed by atoms with Crippen LogP contribution in [-0.2, 0) is 5.60 Å². The molecule has 0 unspecified atom stereocenters. The Kier molecular flexibility index (Phi) is 2.91. The first-order valence-electron chi connectivity index (χ1n) is 5.50. The van der Waals surface area contributed by atoms with Gasteiger partial charge in [-0.25, -0.2) is 0 Å². The molecule has 0 spiro atoms. The van der Waals surface area contributed by atoms with Crippen LogP contribution in [0, 0.1) is 12.8 Å². The van der Waals surface area contributed by atoms with Crippen LogP contribution in [0.15, 0.2) is 22.7 Å². The Bertz CT molecular complexity index is 375. The van der Waals surface area contributed by atoms with Crippen LogP contribution in [0.4, 0.5) is 0 Å². The fraction of sp³-hybridized carbons (Fsp3) is 0.538. The zero-order chi connectivity index (χ0) is 11.1. The van der Waals surface area contributed by atoms with Gasteiger partial charge in [0.15, 0.2) is 0 Å². The maximum Gasteiger partial charge on any atom is 0.0901 e. The van der Waals surface area contributed by atoms with E-state index in [0.29, 0.717) is 5.92 Å². The lowest BCUT2D eigenvalue weighted by Gasteiger charge is -2.25. The Hall–Kier alpha value is -0.340. The first-order chi connectivity index (χ1) is 7.01. The topological polar surface area (TPSA) is 20.2 Å². The van der Waals surface area contributed by atoms with Gasteiger partial charge in [-0.2, -0.15) is 0 Å². The highest BCUT2D eigenvalue weighted by Gasteiger charge is 2.37. The van der Waals surface area contributed by atoms with Crippen molar-refractivity contribution in [3.05, 3.63) is 33.8 Å². The number of hydrogen-bond acceptors (Lipinski definition) is 1. The van der Waals surface area contributed by atoms with E-state index in [9.17, 15) is 5.11 Å². The minimum atomic E-state index is -0.579. The molecular weight excluding hydrogens is 252 g/mol. The monoisotopic (exact) mass is 268 g/mol. The summed E-state index contributed by atoms with van der Waals surface area (Å²) >= 11 is 3.45. The molecule has 1 aromatic rings. The Morgan fingerprint density at radius 2 is 2.20 bits per heavy atom. The predicted molar refractivity (Wildman–Crippen MR) is 65.8 cm³/mol. The first-order valence-corrected chi connectivity index (χ1v) is 6.29. The smallest absolute Gasteiger partial charge is 0.0901 e. The van der Waals surface area contributed by atoms with E-state index in [1.54, 1.807) is 0 Å². The Morgan fingerprint density at radius 3 is 2.73 bits per heavy atom. The quantitative estimate of drug-likeness (QED) is 0.822. The lowest BCUT2D eigenvalue weighted by Crippen LogP contribution is -2.22. The molecule has 1 aromatic carbocycles. The van der Waals surface area contributed by atoms with E-state index < -0.39 is 5.60 Å². The number of halogens is 1. The molecule has 0 aliphatic heterocycles. The predicted octanol–water partition coefficient (Wildman–Crippen LogP) is 3.77. The minimum Gasteiger partial charge on any atom is -0.385 e. The fourth-order valence-electron chi connectivity index (χ4n) is 2.66. The van der Waals surface area contributed by atoms with Crippen LogP contribution in [0.2, 0.25) is 0 Å². The molecule has 1 aliphatic rings. The van der Waals surface area contributed by atoms with Crippen molar-refractivity contribution in [2.24, 2.45) is 5.92 Å². The minimum absolute atomic E-state index is 0.579. The Balaban J connectivity index is 2.37. The van der Waals surface area contributed by atoms with E-state index in [-0.39, 0.29) is 0 Å². The van der Waals surface area contributed by atoms with E-state index in [1.165, 1.54) is 5.56 Å². The largest absolute Gasteiger partial charge is 0.385 e. The second-order valence-corrected chi connectivity index (χ2v) is 5.75. The zero-order valence-corrected chi connectivity index (χ0v) is 10.8. The average Bonchev–Trinajstić information content (AvgIpc) is 2.46. The van der Waals surface area contributed by atoms with Gasteiger partial charge < -0.3 is 5.11 Å². The highest BCUT2D eigenvalue weighted by Crippen LogP contribution is 2.43. The zero-order valence-electron chi connectivity index (χ0n) is 9.26. The maximum absolute atomic E-state index is 10.6. The molecule has 0 saturated heterocycles. The Morgan fingerprint density at radius 1 is 1.47 bits per heavy atom. The molecule has 0 bridgehead atoms. The second kappa shape index (κ2) is 3.91. The molecule has 1 fully saturated rings. The van der Waals surface area contributed by atoms with Crippen LogP contribution in [0.5, 0.6) is 0 Å². The van der Waals surface area contributed by atoms with Crippen molar-refractivity contribution in [3.63, 3.8) is 0 Å². The van der Waals surface area contributed by atoms with E-state index in [4.69, 9.17) is 0 Å². The van der Waals surface area contributed by atoms with Crippen molar-refractivity contribution in [2.45, 2.75) is 38.7 Å². The summed E-state index contributed by atoms with van der Waals surface area (Å²) in [5.41, 5.74) is 1.71. The summed E-state index contributed by atoms with van der Waals surface area (Å²) < 4.78 is 1.08. The van der Waals surface area contributed by atoms with Crippen molar-refractivity contribution in [2.75, 3.05) is 0 Å². The molecule has 15 heavy (non-hydrogen) atoms. The van der Waals surface area contributed by atoms with Crippen LogP contribution < -0.4 is 0 Å². The van der Waals surface area contributed by atoms with Crippen LogP contribution in [0.25, 0.3) is 0 Å². The molecule has 2 heteroatoms. The summed E-state index contributed by atoms with van der Waals surface area (Å²) in [6, 6.07) is 6.15. The van der Waals surface area contributed by atoms with Crippen molar-refractivity contribution in [1.82, 2.24) is 0 Å². The maximum atomic E-state index is 10.6. The summed E-state index contributed by atoms with van der Waals surface area (Å²) in [6.45, 7) is 4.28. The van der Waals surface area contributed by atoms with Crippen LogP contribution >= 0.6 is 15.9 Å². The third-order valence-electron chi connectivity index (χ3n) is 3.43. The molecule has 2 atom stereocenters. The van der Waals surface area contributed by atoms with E-state index in [1.807, 2.05) is 6.07 Å². The van der Waals surface area contributed by atoms with Gasteiger partial charge in [-0.15, -0.1) is 0 Å². The van der Waals surface area contributed by atoms with Gasteiger partial charge >= 0.3 is 0 Å². The molecule has 1 aliphatic carbocycles. The molecule has 82 valence electrons. The van der Waals surface area contributed by atoms with Gasteiger partial charge in [0, 0.05) is 4.47 Å². The third kappa shape index (κ3) is 2.11. The van der Waals surface area contributed by atoms with E-state index in [0.717, 1.165) is 29.3 Å². The standard InChI is InChI=1S/C13H17BrO/c1-9-5-6-13(15,8-9)12-4-3-11(14)7-10(12)2/h3-4,7,9,15H,5-6,8H2,1-2H3/t9-,13+/m0/s1. The highest BCUT2D eigenvalue weighted by molar-refractivity contribution is 9.10. The van der Waals surface area contributed by atoms with E-state index >= 15 is 0 Å². The number of aryl methyl sites for hydroxylation is 1. The lowest BCUT2D eigenvalue weighted by molar-refractivity contribution is 0.0401. The third-order valence-corrected chi connectivity index (χ3v) is 3.92. The summed E-state index contributed by atoms with van der Waals surface area (Å²) in [4.78, 5) is 0. The van der Waals surface area contributed by atoms with Crippen LogP contribution in [0.3, 0.4) is 0 Å². The second-order valence-electron chi connectivity index (χ2n) is 4.84.